The smallest absolute Gasteiger partial charge is 0.244 e. The molecule has 0 bridgehead atoms. The van der Waals surface area contributed by atoms with Crippen LogP contribution in [0, 0.1) is 5.92 Å². The monoisotopic (exact) mass is 410 g/mol. The maximum absolute atomic E-state index is 13.4. The maximum Gasteiger partial charge on any atom is 0.244 e. The van der Waals surface area contributed by atoms with Crippen molar-refractivity contribution in [3.8, 4) is 0 Å². The molecule has 2 atom stereocenters. The maximum atomic E-state index is 13.4. The zero-order valence-electron chi connectivity index (χ0n) is 16.9. The van der Waals surface area contributed by atoms with Crippen molar-refractivity contribution in [1.29, 1.82) is 0 Å². The van der Waals surface area contributed by atoms with Gasteiger partial charge in [0, 0.05) is 40.9 Å². The van der Waals surface area contributed by atoms with Crippen molar-refractivity contribution in [2.75, 3.05) is 32.1 Å². The number of fused-ring (bicyclic) bond motifs is 2. The summed E-state index contributed by atoms with van der Waals surface area (Å²) in [5, 5.41) is 1.83. The Morgan fingerprint density at radius 1 is 1.28 bits per heavy atom. The first-order valence-electron chi connectivity index (χ1n) is 9.98. The van der Waals surface area contributed by atoms with Crippen LogP contribution in [0.4, 0.5) is 5.69 Å². The van der Waals surface area contributed by atoms with E-state index in [2.05, 4.69) is 30.0 Å². The summed E-state index contributed by atoms with van der Waals surface area (Å²) in [7, 11) is 4.11. The van der Waals surface area contributed by atoms with Gasteiger partial charge in [-0.1, -0.05) is 35.9 Å². The van der Waals surface area contributed by atoms with Gasteiger partial charge in [-0.2, -0.15) is 0 Å². The van der Waals surface area contributed by atoms with E-state index >= 15 is 0 Å². The molecule has 1 amide bonds. The van der Waals surface area contributed by atoms with Crippen LogP contribution in [-0.4, -0.2) is 49.0 Å². The summed E-state index contributed by atoms with van der Waals surface area (Å²) in [6.07, 6.45) is 3.32. The Bertz CT molecular complexity index is 1030. The molecule has 0 aliphatic carbocycles. The highest BCUT2D eigenvalue weighted by Crippen LogP contribution is 2.35. The normalized spacial score (nSPS) is 17.6. The van der Waals surface area contributed by atoms with Crippen molar-refractivity contribution in [2.24, 2.45) is 11.7 Å². The number of nitrogens with two attached hydrogens (primary N) is 1. The molecule has 1 aliphatic rings. The lowest BCUT2D eigenvalue weighted by Gasteiger charge is -2.37. The molecular formula is C23H27ClN4O. The standard InChI is InChI=1S/C23H27ClN4O/c1-27(2)13-15-10-18-19(24)7-5-9-22(18)28(14-15)23(29)20(25)11-16-12-26-21-8-4-3-6-17(16)21/h3-9,12,15,20,26H,10-11,13-14,25H2,1-2H3/t15?,20-/m0/s1. The minimum Gasteiger partial charge on any atom is -0.361 e. The summed E-state index contributed by atoms with van der Waals surface area (Å²) in [5.41, 5.74) is 10.5. The van der Waals surface area contributed by atoms with Crippen molar-refractivity contribution in [2.45, 2.75) is 18.9 Å². The van der Waals surface area contributed by atoms with Gasteiger partial charge in [0.2, 0.25) is 5.91 Å². The van der Waals surface area contributed by atoms with E-state index in [1.165, 1.54) is 0 Å². The van der Waals surface area contributed by atoms with Crippen LogP contribution in [0.3, 0.4) is 0 Å². The number of hydrogen-bond donors (Lipinski definition) is 2. The van der Waals surface area contributed by atoms with Crippen LogP contribution in [0.2, 0.25) is 5.02 Å². The van der Waals surface area contributed by atoms with Gasteiger partial charge in [-0.3, -0.25) is 4.79 Å². The summed E-state index contributed by atoms with van der Waals surface area (Å²) >= 11 is 6.49. The first-order chi connectivity index (χ1) is 13.9. The SMILES string of the molecule is CN(C)CC1Cc2c(Cl)cccc2N(C(=O)[C@@H](N)Cc2c[nH]c3ccccc23)C1. The summed E-state index contributed by atoms with van der Waals surface area (Å²) in [6.45, 7) is 1.55. The van der Waals surface area contributed by atoms with Gasteiger partial charge >= 0.3 is 0 Å². The Morgan fingerprint density at radius 3 is 2.86 bits per heavy atom. The van der Waals surface area contributed by atoms with Gasteiger partial charge in [-0.15, -0.1) is 0 Å². The number of carbonyl (C=O) groups excluding carboxylic acids is 1. The summed E-state index contributed by atoms with van der Waals surface area (Å²) in [5.74, 6) is 0.267. The Labute approximate surface area is 176 Å². The minimum atomic E-state index is -0.612. The van der Waals surface area contributed by atoms with Gasteiger partial charge in [-0.25, -0.2) is 0 Å². The first kappa shape index (κ1) is 20.0. The second-order valence-electron chi connectivity index (χ2n) is 8.19. The molecule has 3 N–H and O–H groups in total. The number of hydrogen-bond acceptors (Lipinski definition) is 3. The lowest BCUT2D eigenvalue weighted by atomic mass is 9.91. The number of aromatic nitrogens is 1. The number of benzene rings is 2. The molecule has 0 radical (unpaired) electrons. The van der Waals surface area contributed by atoms with E-state index in [9.17, 15) is 4.79 Å². The van der Waals surface area contributed by atoms with E-state index in [4.69, 9.17) is 17.3 Å². The third kappa shape index (κ3) is 4.04. The fourth-order valence-electron chi connectivity index (χ4n) is 4.38. The van der Waals surface area contributed by atoms with Crippen molar-refractivity contribution in [3.05, 3.63) is 64.8 Å². The fourth-order valence-corrected chi connectivity index (χ4v) is 4.63. The Kier molecular flexibility index (Phi) is 5.63. The third-order valence-corrected chi connectivity index (χ3v) is 5.99. The highest BCUT2D eigenvalue weighted by atomic mass is 35.5. The van der Waals surface area contributed by atoms with Gasteiger partial charge in [0.25, 0.3) is 0 Å². The second-order valence-corrected chi connectivity index (χ2v) is 8.60. The van der Waals surface area contributed by atoms with Gasteiger partial charge in [0.05, 0.1) is 6.04 Å². The number of anilines is 1. The Morgan fingerprint density at radius 2 is 2.07 bits per heavy atom. The largest absolute Gasteiger partial charge is 0.361 e. The molecule has 5 nitrogen and oxygen atoms in total. The average Bonchev–Trinajstić information content (AvgIpc) is 3.10. The minimum absolute atomic E-state index is 0.0535. The zero-order chi connectivity index (χ0) is 20.5. The molecule has 6 heteroatoms. The van der Waals surface area contributed by atoms with Gasteiger partial charge < -0.3 is 20.5 Å². The van der Waals surface area contributed by atoms with E-state index in [-0.39, 0.29) is 5.91 Å². The molecule has 1 aliphatic heterocycles. The molecule has 29 heavy (non-hydrogen) atoms. The third-order valence-electron chi connectivity index (χ3n) is 5.64. The van der Waals surface area contributed by atoms with Crippen LogP contribution in [0.25, 0.3) is 10.9 Å². The van der Waals surface area contributed by atoms with Crippen LogP contribution >= 0.6 is 11.6 Å². The van der Waals surface area contributed by atoms with Crippen LogP contribution < -0.4 is 10.6 Å². The number of rotatable bonds is 5. The summed E-state index contributed by atoms with van der Waals surface area (Å²) in [6, 6.07) is 13.2. The average molecular weight is 411 g/mol. The van der Waals surface area contributed by atoms with E-state index in [0.717, 1.165) is 40.7 Å². The number of nitrogens with one attached hydrogen (secondary N) is 1. The highest BCUT2D eigenvalue weighted by molar-refractivity contribution is 6.32. The lowest BCUT2D eigenvalue weighted by Crippen LogP contribution is -2.50. The highest BCUT2D eigenvalue weighted by Gasteiger charge is 2.32. The molecule has 4 rings (SSSR count). The van der Waals surface area contributed by atoms with Crippen molar-refractivity contribution < 1.29 is 4.79 Å². The number of carbonyl (C=O) groups is 1. The Hall–Kier alpha value is -2.34. The fraction of sp³-hybridized carbons (Fsp3) is 0.348. The predicted octanol–water partition coefficient (Wildman–Crippen LogP) is 3.46. The molecule has 3 aromatic rings. The van der Waals surface area contributed by atoms with E-state index in [1.54, 1.807) is 0 Å². The quantitative estimate of drug-likeness (QED) is 0.677. The van der Waals surface area contributed by atoms with Crippen LogP contribution in [0.5, 0.6) is 0 Å². The molecule has 0 saturated heterocycles. The second kappa shape index (κ2) is 8.19. The number of H-pyrrole nitrogens is 1. The summed E-state index contributed by atoms with van der Waals surface area (Å²) < 4.78 is 0. The zero-order valence-corrected chi connectivity index (χ0v) is 17.6. The molecule has 1 unspecified atom stereocenters. The number of aromatic amines is 1. The molecule has 1 aromatic heterocycles. The van der Waals surface area contributed by atoms with Crippen molar-refractivity contribution in [1.82, 2.24) is 9.88 Å². The van der Waals surface area contributed by atoms with E-state index in [1.807, 2.05) is 47.5 Å². The molecular weight excluding hydrogens is 384 g/mol. The van der Waals surface area contributed by atoms with Crippen LogP contribution in [0.1, 0.15) is 11.1 Å². The van der Waals surface area contributed by atoms with E-state index in [0.29, 0.717) is 23.9 Å². The first-order valence-corrected chi connectivity index (χ1v) is 10.4. The van der Waals surface area contributed by atoms with Crippen LogP contribution in [-0.2, 0) is 17.6 Å². The van der Waals surface area contributed by atoms with Gasteiger partial charge in [-0.05, 0) is 62.2 Å². The predicted molar refractivity (Wildman–Crippen MR) is 120 cm³/mol. The van der Waals surface area contributed by atoms with Gasteiger partial charge in [0.15, 0.2) is 0 Å². The number of amides is 1. The number of halogens is 1. The van der Waals surface area contributed by atoms with Crippen molar-refractivity contribution in [3.63, 3.8) is 0 Å². The molecule has 0 fully saturated rings. The molecule has 0 saturated carbocycles. The summed E-state index contributed by atoms with van der Waals surface area (Å²) in [4.78, 5) is 20.7. The lowest BCUT2D eigenvalue weighted by molar-refractivity contribution is -0.120. The molecule has 152 valence electrons. The Balaban J connectivity index is 1.60. The number of para-hydroxylation sites is 1. The molecule has 2 aromatic carbocycles. The van der Waals surface area contributed by atoms with E-state index < -0.39 is 6.04 Å². The van der Waals surface area contributed by atoms with Crippen molar-refractivity contribution >= 4 is 34.1 Å². The van der Waals surface area contributed by atoms with Crippen LogP contribution in [0.15, 0.2) is 48.7 Å². The topological polar surface area (TPSA) is 65.4 Å². The molecule has 0 spiro atoms. The van der Waals surface area contributed by atoms with Gasteiger partial charge in [0.1, 0.15) is 0 Å². The number of nitrogens with zero attached hydrogens (tertiary/aromatic N) is 2. The molecule has 2 heterocycles.